The van der Waals surface area contributed by atoms with Crippen molar-refractivity contribution in [3.8, 4) is 5.88 Å². The number of sulfonamides is 1. The van der Waals surface area contributed by atoms with Gasteiger partial charge in [-0.15, -0.1) is 0 Å². The highest BCUT2D eigenvalue weighted by atomic mass is 35.5. The summed E-state index contributed by atoms with van der Waals surface area (Å²) in [7, 11) is -2.68. The first-order valence-corrected chi connectivity index (χ1v) is 10.5. The summed E-state index contributed by atoms with van der Waals surface area (Å²) in [5.41, 5.74) is 2.66. The van der Waals surface area contributed by atoms with Gasteiger partial charge in [0.05, 0.1) is 29.1 Å². The Morgan fingerprint density at radius 3 is 2.93 bits per heavy atom. The zero-order chi connectivity index (χ0) is 19.4. The molecule has 0 atom stereocenters. The summed E-state index contributed by atoms with van der Waals surface area (Å²) in [4.78, 5) is 17.1. The van der Waals surface area contributed by atoms with E-state index in [1.807, 2.05) is 0 Å². The summed E-state index contributed by atoms with van der Waals surface area (Å²) in [6.45, 7) is 0.262. The van der Waals surface area contributed by atoms with Crippen molar-refractivity contribution in [2.45, 2.75) is 9.92 Å². The van der Waals surface area contributed by atoms with Gasteiger partial charge in [-0.3, -0.25) is 15.0 Å². The van der Waals surface area contributed by atoms with Gasteiger partial charge in [0.2, 0.25) is 5.82 Å². The topological polar surface area (TPSA) is 115 Å². The van der Waals surface area contributed by atoms with Crippen LogP contribution in [0, 0.1) is 0 Å². The van der Waals surface area contributed by atoms with E-state index in [1.54, 1.807) is 0 Å². The van der Waals surface area contributed by atoms with E-state index >= 15 is 0 Å². The van der Waals surface area contributed by atoms with Crippen molar-refractivity contribution in [2.24, 2.45) is 4.99 Å². The quantitative estimate of drug-likeness (QED) is 0.619. The Labute approximate surface area is 169 Å². The van der Waals surface area contributed by atoms with Gasteiger partial charge in [-0.25, -0.2) is 23.4 Å². The fourth-order valence-corrected chi connectivity index (χ4v) is 4.47. The molecule has 0 saturated carbocycles. The van der Waals surface area contributed by atoms with Gasteiger partial charge >= 0.3 is 0 Å². The molecule has 0 saturated heterocycles. The Morgan fingerprint density at radius 1 is 1.41 bits per heavy atom. The van der Waals surface area contributed by atoms with Crippen LogP contribution in [0.15, 0.2) is 39.3 Å². The van der Waals surface area contributed by atoms with Crippen molar-refractivity contribution in [1.29, 1.82) is 0 Å². The Hall–Kier alpha value is -1.79. The van der Waals surface area contributed by atoms with Gasteiger partial charge in [0.15, 0.2) is 6.73 Å². The number of halogens is 2. The van der Waals surface area contributed by atoms with Crippen LogP contribution in [0.2, 0.25) is 10.0 Å². The fourth-order valence-electron chi connectivity index (χ4n) is 1.99. The number of hydrogen-bond donors (Lipinski definition) is 2. The predicted molar refractivity (Wildman–Crippen MR) is 103 cm³/mol. The molecule has 3 rings (SSSR count). The van der Waals surface area contributed by atoms with E-state index < -0.39 is 10.0 Å². The van der Waals surface area contributed by atoms with Crippen molar-refractivity contribution < 1.29 is 18.0 Å². The van der Waals surface area contributed by atoms with Crippen LogP contribution in [0.1, 0.15) is 0 Å². The van der Waals surface area contributed by atoms with Crippen molar-refractivity contribution in [2.75, 3.05) is 24.3 Å². The number of hydroxylamine groups is 1. The van der Waals surface area contributed by atoms with Gasteiger partial charge in [0.25, 0.3) is 15.9 Å². The Bertz CT molecular complexity index is 987. The summed E-state index contributed by atoms with van der Waals surface area (Å²) < 4.78 is 32.7. The van der Waals surface area contributed by atoms with Crippen LogP contribution < -0.4 is 14.9 Å². The lowest BCUT2D eigenvalue weighted by Crippen LogP contribution is -2.19. The zero-order valence-corrected chi connectivity index (χ0v) is 16.9. The van der Waals surface area contributed by atoms with Gasteiger partial charge in [-0.2, -0.15) is 0 Å². The molecule has 1 aliphatic rings. The molecule has 13 heteroatoms. The SMILES string of the molecule is COc1nc(SCC2=NCON2)cnc1NS(=O)(=O)c1cccc(Cl)c1Cl. The predicted octanol–water partition coefficient (Wildman–Crippen LogP) is 2.58. The number of methoxy groups -OCH3 is 1. The van der Waals surface area contributed by atoms with E-state index in [9.17, 15) is 8.42 Å². The van der Waals surface area contributed by atoms with E-state index in [0.29, 0.717) is 16.6 Å². The highest BCUT2D eigenvalue weighted by molar-refractivity contribution is 7.99. The first-order valence-electron chi connectivity index (χ1n) is 7.32. The molecule has 9 nitrogen and oxygen atoms in total. The van der Waals surface area contributed by atoms with Crippen LogP contribution in [0.4, 0.5) is 5.82 Å². The van der Waals surface area contributed by atoms with Crippen LogP contribution in [0.25, 0.3) is 0 Å². The summed E-state index contributed by atoms with van der Waals surface area (Å²) in [5.74, 6) is 1.10. The summed E-state index contributed by atoms with van der Waals surface area (Å²) in [5, 5.41) is 0.557. The van der Waals surface area contributed by atoms with Gasteiger partial charge in [-0.05, 0) is 12.1 Å². The molecule has 0 aliphatic carbocycles. The molecule has 1 aromatic heterocycles. The number of thioether (sulfide) groups is 1. The number of anilines is 1. The average molecular weight is 450 g/mol. The first kappa shape index (κ1) is 20.0. The molecule has 144 valence electrons. The lowest BCUT2D eigenvalue weighted by molar-refractivity contribution is 0.114. The summed E-state index contributed by atoms with van der Waals surface area (Å²) in [6, 6.07) is 4.30. The zero-order valence-electron chi connectivity index (χ0n) is 13.8. The molecule has 0 spiro atoms. The lowest BCUT2D eigenvalue weighted by Gasteiger charge is -2.12. The van der Waals surface area contributed by atoms with Crippen LogP contribution in [-0.2, 0) is 14.9 Å². The molecular weight excluding hydrogens is 437 g/mol. The third-order valence-corrected chi connectivity index (χ3v) is 6.44. The molecule has 2 heterocycles. The van der Waals surface area contributed by atoms with E-state index in [1.165, 1.54) is 43.3 Å². The number of hydrogen-bond acceptors (Lipinski definition) is 9. The number of nitrogens with one attached hydrogen (secondary N) is 2. The third kappa shape index (κ3) is 4.74. The largest absolute Gasteiger partial charge is 0.478 e. The van der Waals surface area contributed by atoms with Crippen LogP contribution in [0.3, 0.4) is 0 Å². The number of aliphatic imine (C=N–C) groups is 1. The van der Waals surface area contributed by atoms with Gasteiger partial charge < -0.3 is 4.74 Å². The van der Waals surface area contributed by atoms with Gasteiger partial charge in [-0.1, -0.05) is 41.0 Å². The third-order valence-electron chi connectivity index (χ3n) is 3.22. The standard InChI is InChI=1S/C14H13Cl2N5O4S2/c1-24-14-13(17-5-11(19-14)26-6-10-18-7-25-20-10)21-27(22,23)9-4-2-3-8(15)12(9)16/h2-5H,6-7H2,1H3,(H,17,21)(H,18,20). The second-order valence-corrected chi connectivity index (χ2v) is 8.42. The molecule has 1 aromatic carbocycles. The number of rotatable bonds is 7. The second kappa shape index (κ2) is 8.48. The number of amidine groups is 1. The minimum Gasteiger partial charge on any atom is -0.478 e. The maximum Gasteiger partial charge on any atom is 0.264 e. The monoisotopic (exact) mass is 449 g/mol. The molecule has 0 fully saturated rings. The molecule has 0 amide bonds. The molecular formula is C14H13Cl2N5O4S2. The maximum absolute atomic E-state index is 12.6. The van der Waals surface area contributed by atoms with E-state index in [4.69, 9.17) is 32.8 Å². The molecule has 27 heavy (non-hydrogen) atoms. The highest BCUT2D eigenvalue weighted by Crippen LogP contribution is 2.31. The normalized spacial score (nSPS) is 13.8. The number of benzene rings is 1. The van der Waals surface area contributed by atoms with Crippen LogP contribution in [-0.4, -0.2) is 43.8 Å². The van der Waals surface area contributed by atoms with E-state index in [2.05, 4.69) is 25.2 Å². The molecule has 0 bridgehead atoms. The van der Waals surface area contributed by atoms with Gasteiger partial charge in [0, 0.05) is 0 Å². The van der Waals surface area contributed by atoms with Crippen molar-refractivity contribution in [1.82, 2.24) is 15.4 Å². The second-order valence-electron chi connectivity index (χ2n) is 4.99. The van der Waals surface area contributed by atoms with E-state index in [-0.39, 0.29) is 33.4 Å². The minimum atomic E-state index is -4.04. The molecule has 1 aliphatic heterocycles. The lowest BCUT2D eigenvalue weighted by atomic mass is 10.4. The van der Waals surface area contributed by atoms with Crippen molar-refractivity contribution in [3.05, 3.63) is 34.4 Å². The Morgan fingerprint density at radius 2 is 2.22 bits per heavy atom. The molecule has 0 unspecified atom stereocenters. The van der Waals surface area contributed by atoms with Crippen molar-refractivity contribution in [3.63, 3.8) is 0 Å². The van der Waals surface area contributed by atoms with Crippen LogP contribution >= 0.6 is 35.0 Å². The Kier molecular flexibility index (Phi) is 6.27. The van der Waals surface area contributed by atoms with Crippen molar-refractivity contribution >= 4 is 56.6 Å². The minimum absolute atomic E-state index is 0.0132. The number of nitrogens with zero attached hydrogens (tertiary/aromatic N) is 3. The van der Waals surface area contributed by atoms with Gasteiger partial charge in [0.1, 0.15) is 15.8 Å². The summed E-state index contributed by atoms with van der Waals surface area (Å²) >= 11 is 13.2. The fraction of sp³-hybridized carbons (Fsp3) is 0.214. The first-order chi connectivity index (χ1) is 12.9. The molecule has 0 radical (unpaired) electrons. The highest BCUT2D eigenvalue weighted by Gasteiger charge is 2.22. The average Bonchev–Trinajstić information content (AvgIpc) is 3.16. The number of ether oxygens (including phenoxy) is 1. The van der Waals surface area contributed by atoms with E-state index in [0.717, 1.165) is 0 Å². The summed E-state index contributed by atoms with van der Waals surface area (Å²) in [6.07, 6.45) is 1.42. The maximum atomic E-state index is 12.6. The molecule has 2 aromatic rings. The smallest absolute Gasteiger partial charge is 0.264 e. The Balaban J connectivity index is 1.80. The van der Waals surface area contributed by atoms with Crippen LogP contribution in [0.5, 0.6) is 5.88 Å². The molecule has 2 N–H and O–H groups in total. The number of aromatic nitrogens is 2.